The van der Waals surface area contributed by atoms with Gasteiger partial charge in [-0.1, -0.05) is 26.2 Å². The molecule has 1 aliphatic carbocycles. The second kappa shape index (κ2) is 6.36. The molecular formula is C15H30N2O. The molecule has 1 saturated heterocycles. The zero-order valence-corrected chi connectivity index (χ0v) is 12.1. The number of nitrogens with zero attached hydrogens (tertiary/aromatic N) is 1. The molecule has 0 aromatic rings. The van der Waals surface area contributed by atoms with Crippen LogP contribution in [-0.2, 0) is 0 Å². The summed E-state index contributed by atoms with van der Waals surface area (Å²) < 4.78 is 0. The summed E-state index contributed by atoms with van der Waals surface area (Å²) >= 11 is 0. The van der Waals surface area contributed by atoms with Gasteiger partial charge in [-0.25, -0.2) is 0 Å². The highest BCUT2D eigenvalue weighted by atomic mass is 16.3. The first-order valence-electron chi connectivity index (χ1n) is 7.71. The quantitative estimate of drug-likeness (QED) is 0.805. The molecule has 1 heterocycles. The Bertz CT molecular complexity index is 259. The third-order valence-corrected chi connectivity index (χ3v) is 5.03. The predicted molar refractivity (Wildman–Crippen MR) is 75.7 cm³/mol. The molecule has 3 atom stereocenters. The van der Waals surface area contributed by atoms with E-state index >= 15 is 0 Å². The summed E-state index contributed by atoms with van der Waals surface area (Å²) in [6, 6.07) is 0.666. The van der Waals surface area contributed by atoms with Crippen LogP contribution in [0.2, 0.25) is 0 Å². The largest absolute Gasteiger partial charge is 0.394 e. The monoisotopic (exact) mass is 254 g/mol. The number of hydrogen-bond donors (Lipinski definition) is 2. The van der Waals surface area contributed by atoms with Gasteiger partial charge in [-0.05, 0) is 45.2 Å². The number of aliphatic hydroxyl groups is 1. The first-order valence-corrected chi connectivity index (χ1v) is 7.71. The van der Waals surface area contributed by atoms with E-state index in [-0.39, 0.29) is 5.54 Å². The molecule has 0 aromatic heterocycles. The molecule has 3 unspecified atom stereocenters. The molecule has 2 rings (SSSR count). The van der Waals surface area contributed by atoms with Crippen LogP contribution in [-0.4, -0.2) is 48.3 Å². The summed E-state index contributed by atoms with van der Waals surface area (Å²) in [4.78, 5) is 2.48. The third kappa shape index (κ3) is 3.46. The summed E-state index contributed by atoms with van der Waals surface area (Å²) in [5.41, 5.74) is 0.00987. The van der Waals surface area contributed by atoms with Gasteiger partial charge in [0.2, 0.25) is 0 Å². The molecule has 0 radical (unpaired) electrons. The maximum atomic E-state index is 9.78. The summed E-state index contributed by atoms with van der Waals surface area (Å²) in [6.07, 6.45) is 8.88. The lowest BCUT2D eigenvalue weighted by Crippen LogP contribution is -2.55. The molecule has 3 heteroatoms. The van der Waals surface area contributed by atoms with Crippen LogP contribution in [0.5, 0.6) is 0 Å². The van der Waals surface area contributed by atoms with Gasteiger partial charge < -0.3 is 15.3 Å². The highest BCUT2D eigenvalue weighted by molar-refractivity contribution is 4.94. The van der Waals surface area contributed by atoms with E-state index in [4.69, 9.17) is 0 Å². The molecule has 2 N–H and O–H groups in total. The second-order valence-corrected chi connectivity index (χ2v) is 6.65. The Morgan fingerprint density at radius 3 is 2.78 bits per heavy atom. The maximum absolute atomic E-state index is 9.78. The maximum Gasteiger partial charge on any atom is 0.0613 e. The highest BCUT2D eigenvalue weighted by Gasteiger charge is 2.34. The van der Waals surface area contributed by atoms with Crippen LogP contribution in [0.4, 0.5) is 0 Å². The molecule has 2 aliphatic rings. The molecular weight excluding hydrogens is 224 g/mol. The molecule has 18 heavy (non-hydrogen) atoms. The van der Waals surface area contributed by atoms with Crippen LogP contribution in [0.25, 0.3) is 0 Å². The molecule has 0 spiro atoms. The Morgan fingerprint density at radius 1 is 1.28 bits per heavy atom. The molecule has 2 fully saturated rings. The smallest absolute Gasteiger partial charge is 0.0613 e. The molecule has 3 nitrogen and oxygen atoms in total. The zero-order valence-electron chi connectivity index (χ0n) is 12.1. The minimum absolute atomic E-state index is 0.00987. The number of nitrogens with one attached hydrogen (secondary N) is 1. The number of hydrogen-bond acceptors (Lipinski definition) is 3. The number of aliphatic hydroxyl groups excluding tert-OH is 1. The summed E-state index contributed by atoms with van der Waals surface area (Å²) in [5.74, 6) is 0.752. The van der Waals surface area contributed by atoms with E-state index in [1.54, 1.807) is 0 Å². The van der Waals surface area contributed by atoms with Gasteiger partial charge in [-0.2, -0.15) is 0 Å². The van der Waals surface area contributed by atoms with E-state index in [1.165, 1.54) is 38.6 Å². The van der Waals surface area contributed by atoms with Crippen LogP contribution in [0, 0.1) is 5.92 Å². The Labute approximate surface area is 112 Å². The predicted octanol–water partition coefficient (Wildman–Crippen LogP) is 2.00. The lowest BCUT2D eigenvalue weighted by Gasteiger charge is -2.42. The number of rotatable bonds is 4. The van der Waals surface area contributed by atoms with Gasteiger partial charge in [-0.3, -0.25) is 0 Å². The fourth-order valence-electron chi connectivity index (χ4n) is 3.76. The Balaban J connectivity index is 1.86. The number of piperidine rings is 1. The average molecular weight is 254 g/mol. The molecule has 1 saturated carbocycles. The minimum Gasteiger partial charge on any atom is -0.394 e. The SMILES string of the molecule is CC1CCCC(CO)(NCC2CCCCN2C)C1. The Kier molecular flexibility index (Phi) is 5.05. The Morgan fingerprint density at radius 2 is 2.11 bits per heavy atom. The van der Waals surface area contributed by atoms with E-state index in [2.05, 4.69) is 24.2 Å². The molecule has 106 valence electrons. The normalized spacial score (nSPS) is 38.8. The molecule has 0 aromatic carbocycles. The summed E-state index contributed by atoms with van der Waals surface area (Å²) in [6.45, 7) is 4.89. The van der Waals surface area contributed by atoms with Crippen molar-refractivity contribution in [3.05, 3.63) is 0 Å². The zero-order chi connectivity index (χ0) is 13.0. The standard InChI is InChI=1S/C15H30N2O/c1-13-6-5-8-15(10-13,12-18)16-11-14-7-3-4-9-17(14)2/h13-14,16,18H,3-12H2,1-2H3. The first kappa shape index (κ1) is 14.3. The average Bonchev–Trinajstić information content (AvgIpc) is 2.38. The molecule has 0 amide bonds. The summed E-state index contributed by atoms with van der Waals surface area (Å²) in [7, 11) is 2.24. The van der Waals surface area contributed by atoms with Gasteiger partial charge >= 0.3 is 0 Å². The fraction of sp³-hybridized carbons (Fsp3) is 1.00. The van der Waals surface area contributed by atoms with Crippen LogP contribution < -0.4 is 5.32 Å². The van der Waals surface area contributed by atoms with E-state index in [9.17, 15) is 5.11 Å². The van der Waals surface area contributed by atoms with E-state index in [0.717, 1.165) is 25.3 Å². The van der Waals surface area contributed by atoms with Crippen molar-refractivity contribution in [2.24, 2.45) is 5.92 Å². The van der Waals surface area contributed by atoms with Crippen molar-refractivity contribution in [3.63, 3.8) is 0 Å². The van der Waals surface area contributed by atoms with Crippen LogP contribution in [0.1, 0.15) is 51.9 Å². The van der Waals surface area contributed by atoms with Crippen LogP contribution >= 0.6 is 0 Å². The van der Waals surface area contributed by atoms with E-state index < -0.39 is 0 Å². The summed E-state index contributed by atoms with van der Waals surface area (Å²) in [5, 5.41) is 13.5. The van der Waals surface area contributed by atoms with Crippen molar-refractivity contribution in [1.82, 2.24) is 10.2 Å². The van der Waals surface area contributed by atoms with Crippen LogP contribution in [0.3, 0.4) is 0 Å². The first-order chi connectivity index (χ1) is 8.65. The van der Waals surface area contributed by atoms with Crippen molar-refractivity contribution in [1.29, 1.82) is 0 Å². The van der Waals surface area contributed by atoms with Crippen molar-refractivity contribution in [2.45, 2.75) is 63.5 Å². The van der Waals surface area contributed by atoms with Gasteiger partial charge in [0.25, 0.3) is 0 Å². The Hall–Kier alpha value is -0.120. The van der Waals surface area contributed by atoms with Crippen molar-refractivity contribution < 1.29 is 5.11 Å². The minimum atomic E-state index is 0.00987. The van der Waals surface area contributed by atoms with Gasteiger partial charge in [0.05, 0.1) is 6.61 Å². The fourth-order valence-corrected chi connectivity index (χ4v) is 3.76. The van der Waals surface area contributed by atoms with Crippen molar-refractivity contribution >= 4 is 0 Å². The number of likely N-dealkylation sites (tertiary alicyclic amines) is 1. The highest BCUT2D eigenvalue weighted by Crippen LogP contribution is 2.32. The second-order valence-electron chi connectivity index (χ2n) is 6.65. The van der Waals surface area contributed by atoms with Gasteiger partial charge in [0, 0.05) is 18.1 Å². The van der Waals surface area contributed by atoms with E-state index in [0.29, 0.717) is 12.6 Å². The topological polar surface area (TPSA) is 35.5 Å². The van der Waals surface area contributed by atoms with Gasteiger partial charge in [-0.15, -0.1) is 0 Å². The lowest BCUT2D eigenvalue weighted by atomic mass is 9.76. The number of likely N-dealkylation sites (N-methyl/N-ethyl adjacent to an activating group) is 1. The van der Waals surface area contributed by atoms with E-state index in [1.807, 2.05) is 0 Å². The van der Waals surface area contributed by atoms with Crippen molar-refractivity contribution in [2.75, 3.05) is 26.7 Å². The van der Waals surface area contributed by atoms with Gasteiger partial charge in [0.15, 0.2) is 0 Å². The molecule has 0 bridgehead atoms. The van der Waals surface area contributed by atoms with Crippen LogP contribution in [0.15, 0.2) is 0 Å². The third-order valence-electron chi connectivity index (χ3n) is 5.03. The van der Waals surface area contributed by atoms with Gasteiger partial charge in [0.1, 0.15) is 0 Å². The lowest BCUT2D eigenvalue weighted by molar-refractivity contribution is 0.0843. The molecule has 1 aliphatic heterocycles. The van der Waals surface area contributed by atoms with Crippen molar-refractivity contribution in [3.8, 4) is 0 Å².